The number of nitriles is 1. The van der Waals surface area contributed by atoms with Gasteiger partial charge in [-0.15, -0.1) is 6.58 Å². The van der Waals surface area contributed by atoms with Crippen LogP contribution in [0.5, 0.6) is 0 Å². The molecule has 0 aromatic rings. The Bertz CT molecular complexity index is 160. The third-order valence-corrected chi connectivity index (χ3v) is 2.64. The maximum atomic E-state index is 8.53. The van der Waals surface area contributed by atoms with Crippen molar-refractivity contribution in [2.75, 3.05) is 0 Å². The standard InChI is InChI=1S/C10H15N/c1-2-9(7-8-11)10-5-3-4-6-10/h2,9-10H,1,3-7H2. The first kappa shape index (κ1) is 8.33. The van der Waals surface area contributed by atoms with Gasteiger partial charge in [-0.2, -0.15) is 5.26 Å². The van der Waals surface area contributed by atoms with E-state index < -0.39 is 0 Å². The van der Waals surface area contributed by atoms with Crippen molar-refractivity contribution in [1.82, 2.24) is 0 Å². The van der Waals surface area contributed by atoms with Gasteiger partial charge < -0.3 is 0 Å². The van der Waals surface area contributed by atoms with Crippen LogP contribution in [0.25, 0.3) is 0 Å². The Kier molecular flexibility index (Phi) is 3.16. The number of hydrogen-bond donors (Lipinski definition) is 0. The fraction of sp³-hybridized carbons (Fsp3) is 0.700. The molecule has 0 aromatic heterocycles. The van der Waals surface area contributed by atoms with E-state index >= 15 is 0 Å². The van der Waals surface area contributed by atoms with Crippen LogP contribution in [-0.4, -0.2) is 0 Å². The van der Waals surface area contributed by atoms with Crippen LogP contribution >= 0.6 is 0 Å². The van der Waals surface area contributed by atoms with Gasteiger partial charge in [-0.05, 0) is 24.7 Å². The summed E-state index contributed by atoms with van der Waals surface area (Å²) in [7, 11) is 0. The van der Waals surface area contributed by atoms with Gasteiger partial charge in [0.1, 0.15) is 0 Å². The molecule has 0 N–H and O–H groups in total. The van der Waals surface area contributed by atoms with E-state index in [0.29, 0.717) is 12.3 Å². The Balaban J connectivity index is 2.41. The second-order valence-electron chi connectivity index (χ2n) is 3.31. The van der Waals surface area contributed by atoms with E-state index in [9.17, 15) is 0 Å². The summed E-state index contributed by atoms with van der Waals surface area (Å²) in [6.45, 7) is 3.77. The summed E-state index contributed by atoms with van der Waals surface area (Å²) >= 11 is 0. The first-order valence-corrected chi connectivity index (χ1v) is 4.38. The molecule has 0 amide bonds. The summed E-state index contributed by atoms with van der Waals surface area (Å²) in [6, 6.07) is 2.22. The largest absolute Gasteiger partial charge is 0.198 e. The molecule has 0 heterocycles. The Hall–Kier alpha value is -0.770. The Morgan fingerprint density at radius 3 is 2.64 bits per heavy atom. The zero-order chi connectivity index (χ0) is 8.10. The summed E-state index contributed by atoms with van der Waals surface area (Å²) in [5.74, 6) is 1.22. The third-order valence-electron chi connectivity index (χ3n) is 2.64. The molecule has 0 spiro atoms. The first-order chi connectivity index (χ1) is 5.38. The Morgan fingerprint density at radius 1 is 1.55 bits per heavy atom. The number of hydrogen-bond acceptors (Lipinski definition) is 1. The molecular weight excluding hydrogens is 134 g/mol. The zero-order valence-electron chi connectivity index (χ0n) is 6.92. The zero-order valence-corrected chi connectivity index (χ0v) is 6.92. The van der Waals surface area contributed by atoms with Crippen LogP contribution in [0.1, 0.15) is 32.1 Å². The molecule has 1 heteroatoms. The van der Waals surface area contributed by atoms with E-state index in [-0.39, 0.29) is 0 Å². The molecule has 0 bridgehead atoms. The van der Waals surface area contributed by atoms with Gasteiger partial charge in [0.2, 0.25) is 0 Å². The monoisotopic (exact) mass is 149 g/mol. The van der Waals surface area contributed by atoms with E-state index in [1.807, 2.05) is 6.08 Å². The van der Waals surface area contributed by atoms with E-state index in [4.69, 9.17) is 5.26 Å². The fourth-order valence-electron chi connectivity index (χ4n) is 1.93. The van der Waals surface area contributed by atoms with Crippen LogP contribution in [0.4, 0.5) is 0 Å². The molecule has 0 saturated heterocycles. The van der Waals surface area contributed by atoms with Crippen LogP contribution < -0.4 is 0 Å². The molecular formula is C10H15N. The highest BCUT2D eigenvalue weighted by molar-refractivity contribution is 4.92. The van der Waals surface area contributed by atoms with Gasteiger partial charge in [0, 0.05) is 6.42 Å². The number of allylic oxidation sites excluding steroid dienone is 1. The van der Waals surface area contributed by atoms with Crippen molar-refractivity contribution in [2.45, 2.75) is 32.1 Å². The minimum atomic E-state index is 0.461. The summed E-state index contributed by atoms with van der Waals surface area (Å²) < 4.78 is 0. The van der Waals surface area contributed by atoms with Gasteiger partial charge in [-0.1, -0.05) is 18.9 Å². The molecule has 1 atom stereocenters. The van der Waals surface area contributed by atoms with Crippen molar-refractivity contribution >= 4 is 0 Å². The van der Waals surface area contributed by atoms with Gasteiger partial charge in [0.05, 0.1) is 6.07 Å². The smallest absolute Gasteiger partial charge is 0.0628 e. The van der Waals surface area contributed by atoms with Gasteiger partial charge in [-0.3, -0.25) is 0 Å². The van der Waals surface area contributed by atoms with Crippen LogP contribution in [0.2, 0.25) is 0 Å². The van der Waals surface area contributed by atoms with Gasteiger partial charge >= 0.3 is 0 Å². The summed E-state index contributed by atoms with van der Waals surface area (Å²) in [6.07, 6.45) is 7.92. The van der Waals surface area contributed by atoms with Crippen molar-refractivity contribution in [3.05, 3.63) is 12.7 Å². The fourth-order valence-corrected chi connectivity index (χ4v) is 1.93. The predicted octanol–water partition coefficient (Wildman–Crippen LogP) is 2.89. The SMILES string of the molecule is C=CC(CC#N)C1CCCC1. The molecule has 1 aliphatic carbocycles. The molecule has 1 unspecified atom stereocenters. The second kappa shape index (κ2) is 4.18. The molecule has 0 radical (unpaired) electrons. The third kappa shape index (κ3) is 2.08. The molecule has 0 aromatic carbocycles. The lowest BCUT2D eigenvalue weighted by molar-refractivity contribution is 0.412. The maximum absolute atomic E-state index is 8.53. The molecule has 11 heavy (non-hydrogen) atoms. The molecule has 1 saturated carbocycles. The minimum Gasteiger partial charge on any atom is -0.198 e. The lowest BCUT2D eigenvalue weighted by Gasteiger charge is -2.15. The molecule has 1 fully saturated rings. The highest BCUT2D eigenvalue weighted by Gasteiger charge is 2.21. The van der Waals surface area contributed by atoms with Crippen LogP contribution in [0.15, 0.2) is 12.7 Å². The topological polar surface area (TPSA) is 23.8 Å². The lowest BCUT2D eigenvalue weighted by Crippen LogP contribution is -2.07. The molecule has 1 aliphatic rings. The van der Waals surface area contributed by atoms with E-state index in [1.165, 1.54) is 25.7 Å². The molecule has 60 valence electrons. The molecule has 0 aliphatic heterocycles. The minimum absolute atomic E-state index is 0.461. The average Bonchev–Trinajstić information content (AvgIpc) is 2.52. The van der Waals surface area contributed by atoms with E-state index in [1.54, 1.807) is 0 Å². The summed E-state index contributed by atoms with van der Waals surface area (Å²) in [5, 5.41) is 8.53. The average molecular weight is 149 g/mol. The van der Waals surface area contributed by atoms with Crippen LogP contribution in [0.3, 0.4) is 0 Å². The predicted molar refractivity (Wildman–Crippen MR) is 45.9 cm³/mol. The van der Waals surface area contributed by atoms with E-state index in [2.05, 4.69) is 12.6 Å². The summed E-state index contributed by atoms with van der Waals surface area (Å²) in [4.78, 5) is 0. The first-order valence-electron chi connectivity index (χ1n) is 4.38. The maximum Gasteiger partial charge on any atom is 0.0628 e. The van der Waals surface area contributed by atoms with Crippen molar-refractivity contribution in [3.8, 4) is 6.07 Å². The van der Waals surface area contributed by atoms with Gasteiger partial charge in [0.15, 0.2) is 0 Å². The number of rotatable bonds is 3. The quantitative estimate of drug-likeness (QED) is 0.566. The lowest BCUT2D eigenvalue weighted by atomic mass is 9.89. The molecule has 1 rings (SSSR count). The normalized spacial score (nSPS) is 21.0. The van der Waals surface area contributed by atoms with Crippen molar-refractivity contribution in [2.24, 2.45) is 11.8 Å². The molecule has 1 nitrogen and oxygen atoms in total. The van der Waals surface area contributed by atoms with Crippen molar-refractivity contribution < 1.29 is 0 Å². The van der Waals surface area contributed by atoms with Crippen molar-refractivity contribution in [1.29, 1.82) is 5.26 Å². The van der Waals surface area contributed by atoms with Crippen LogP contribution in [-0.2, 0) is 0 Å². The highest BCUT2D eigenvalue weighted by Crippen LogP contribution is 2.33. The van der Waals surface area contributed by atoms with Crippen molar-refractivity contribution in [3.63, 3.8) is 0 Å². The summed E-state index contributed by atoms with van der Waals surface area (Å²) in [5.41, 5.74) is 0. The second-order valence-corrected chi connectivity index (χ2v) is 3.31. The highest BCUT2D eigenvalue weighted by atomic mass is 14.3. The Labute approximate surface area is 68.7 Å². The Morgan fingerprint density at radius 2 is 2.18 bits per heavy atom. The van der Waals surface area contributed by atoms with Crippen LogP contribution in [0, 0.1) is 23.2 Å². The van der Waals surface area contributed by atoms with Gasteiger partial charge in [-0.25, -0.2) is 0 Å². The van der Waals surface area contributed by atoms with Gasteiger partial charge in [0.25, 0.3) is 0 Å². The van der Waals surface area contributed by atoms with E-state index in [0.717, 1.165) is 5.92 Å². The number of nitrogens with zero attached hydrogens (tertiary/aromatic N) is 1.